The molecule has 1 aromatic carbocycles. The minimum atomic E-state index is -0.0288. The van der Waals surface area contributed by atoms with E-state index in [2.05, 4.69) is 20.8 Å². The van der Waals surface area contributed by atoms with E-state index in [1.807, 2.05) is 31.3 Å². The molecule has 2 heterocycles. The number of nitrogens with zero attached hydrogens (tertiary/aromatic N) is 5. The van der Waals surface area contributed by atoms with Crippen molar-refractivity contribution in [3.8, 4) is 0 Å². The average Bonchev–Trinajstić information content (AvgIpc) is 3.12. The second-order valence-electron chi connectivity index (χ2n) is 5.64. The molecule has 3 aromatic rings. The molecule has 6 nitrogen and oxygen atoms in total. The third-order valence-electron chi connectivity index (χ3n) is 3.74. The molecule has 1 amide bonds. The van der Waals surface area contributed by atoms with Crippen LogP contribution < -0.4 is 0 Å². The first-order valence-corrected chi connectivity index (χ1v) is 8.31. The van der Waals surface area contributed by atoms with Gasteiger partial charge >= 0.3 is 0 Å². The van der Waals surface area contributed by atoms with Gasteiger partial charge in [-0.3, -0.25) is 9.48 Å². The molecule has 0 fully saturated rings. The van der Waals surface area contributed by atoms with Crippen LogP contribution in [0.15, 0.2) is 24.3 Å². The number of fused-ring (bicyclic) bond motifs is 1. The highest BCUT2D eigenvalue weighted by molar-refractivity contribution is 7.00. The number of aryl methyl sites for hydroxylation is 2. The number of carbonyl (C=O) groups is 1. The van der Waals surface area contributed by atoms with Gasteiger partial charge in [-0.1, -0.05) is 19.4 Å². The van der Waals surface area contributed by atoms with E-state index < -0.39 is 0 Å². The maximum absolute atomic E-state index is 12.6. The number of amides is 1. The predicted octanol–water partition coefficient (Wildman–Crippen LogP) is 2.65. The molecule has 0 aliphatic heterocycles. The lowest BCUT2D eigenvalue weighted by Gasteiger charge is -2.17. The highest BCUT2D eigenvalue weighted by Gasteiger charge is 2.17. The Balaban J connectivity index is 1.76. The lowest BCUT2D eigenvalue weighted by molar-refractivity contribution is 0.0774. The summed E-state index contributed by atoms with van der Waals surface area (Å²) in [6.07, 6.45) is 1.90. The predicted molar refractivity (Wildman–Crippen MR) is 90.4 cm³/mol. The van der Waals surface area contributed by atoms with E-state index >= 15 is 0 Å². The van der Waals surface area contributed by atoms with E-state index in [-0.39, 0.29) is 5.91 Å². The fourth-order valence-electron chi connectivity index (χ4n) is 2.57. The summed E-state index contributed by atoms with van der Waals surface area (Å²) in [5.41, 5.74) is 4.38. The summed E-state index contributed by atoms with van der Waals surface area (Å²) in [7, 11) is 3.62. The molecule has 0 aliphatic carbocycles. The summed E-state index contributed by atoms with van der Waals surface area (Å²) in [6.45, 7) is 2.63. The molecule has 0 saturated heterocycles. The molecule has 7 heteroatoms. The van der Waals surface area contributed by atoms with Gasteiger partial charge in [-0.2, -0.15) is 13.8 Å². The molecule has 23 heavy (non-hydrogen) atoms. The topological polar surface area (TPSA) is 63.9 Å². The minimum absolute atomic E-state index is 0.0288. The zero-order valence-corrected chi connectivity index (χ0v) is 14.3. The van der Waals surface area contributed by atoms with Gasteiger partial charge in [-0.15, -0.1) is 0 Å². The van der Waals surface area contributed by atoms with Crippen molar-refractivity contribution in [2.75, 3.05) is 7.05 Å². The van der Waals surface area contributed by atoms with Crippen LogP contribution in [-0.2, 0) is 20.0 Å². The van der Waals surface area contributed by atoms with Gasteiger partial charge in [0.1, 0.15) is 16.7 Å². The molecule has 0 unspecified atom stereocenters. The van der Waals surface area contributed by atoms with E-state index in [1.54, 1.807) is 16.6 Å². The Morgan fingerprint density at radius 2 is 2.04 bits per heavy atom. The van der Waals surface area contributed by atoms with Gasteiger partial charge in [0.15, 0.2) is 0 Å². The Morgan fingerprint density at radius 3 is 2.83 bits per heavy atom. The number of hydrogen-bond donors (Lipinski definition) is 0. The van der Waals surface area contributed by atoms with E-state index in [0.29, 0.717) is 12.2 Å². The Kier molecular flexibility index (Phi) is 4.38. The number of carbonyl (C=O) groups excluding carboxylic acids is 1. The maximum Gasteiger partial charge on any atom is 0.272 e. The minimum Gasteiger partial charge on any atom is -0.336 e. The van der Waals surface area contributed by atoms with Crippen molar-refractivity contribution < 1.29 is 4.79 Å². The van der Waals surface area contributed by atoms with Gasteiger partial charge in [0.25, 0.3) is 5.91 Å². The van der Waals surface area contributed by atoms with Crippen molar-refractivity contribution in [3.63, 3.8) is 0 Å². The molecule has 2 aromatic heterocycles. The molecule has 0 N–H and O–H groups in total. The summed E-state index contributed by atoms with van der Waals surface area (Å²) in [5.74, 6) is -0.0288. The zero-order chi connectivity index (χ0) is 16.4. The van der Waals surface area contributed by atoms with E-state index in [1.165, 1.54) is 11.7 Å². The van der Waals surface area contributed by atoms with Crippen LogP contribution in [-0.4, -0.2) is 36.4 Å². The largest absolute Gasteiger partial charge is 0.336 e. The van der Waals surface area contributed by atoms with Crippen LogP contribution in [0.5, 0.6) is 0 Å². The molecule has 0 atom stereocenters. The quantitative estimate of drug-likeness (QED) is 0.722. The second kappa shape index (κ2) is 6.45. The molecule has 0 spiro atoms. The van der Waals surface area contributed by atoms with Gasteiger partial charge in [0, 0.05) is 20.6 Å². The van der Waals surface area contributed by atoms with Crippen molar-refractivity contribution in [2.45, 2.75) is 26.3 Å². The van der Waals surface area contributed by atoms with Gasteiger partial charge in [-0.05, 0) is 30.2 Å². The molecule has 0 bridgehead atoms. The van der Waals surface area contributed by atoms with Crippen LogP contribution >= 0.6 is 11.7 Å². The lowest BCUT2D eigenvalue weighted by atomic mass is 10.2. The fourth-order valence-corrected chi connectivity index (χ4v) is 3.09. The Hall–Kier alpha value is -2.28. The van der Waals surface area contributed by atoms with Crippen molar-refractivity contribution in [3.05, 3.63) is 41.2 Å². The highest BCUT2D eigenvalue weighted by Crippen LogP contribution is 2.16. The van der Waals surface area contributed by atoms with Crippen LogP contribution in [0.1, 0.15) is 35.1 Å². The van der Waals surface area contributed by atoms with Crippen molar-refractivity contribution >= 4 is 28.7 Å². The molecule has 0 saturated carbocycles. The van der Waals surface area contributed by atoms with Crippen molar-refractivity contribution in [2.24, 2.45) is 7.05 Å². The molecular weight excluding hydrogens is 310 g/mol. The molecule has 0 aliphatic rings. The first kappa shape index (κ1) is 15.6. The number of benzene rings is 1. The summed E-state index contributed by atoms with van der Waals surface area (Å²) in [5, 5.41) is 4.40. The standard InChI is InChI=1S/C16H19N5OS/c1-4-5-12-9-15(21(3)17-12)16(22)20(2)10-11-6-7-13-14(8-11)19-23-18-13/h6-9H,4-5,10H2,1-3H3. The van der Waals surface area contributed by atoms with E-state index in [9.17, 15) is 4.79 Å². The molecule has 120 valence electrons. The lowest BCUT2D eigenvalue weighted by Crippen LogP contribution is -2.28. The molecule has 0 radical (unpaired) electrons. The van der Waals surface area contributed by atoms with Crippen LogP contribution in [0.4, 0.5) is 0 Å². The van der Waals surface area contributed by atoms with Gasteiger partial charge in [0.2, 0.25) is 0 Å². The normalized spacial score (nSPS) is 11.1. The van der Waals surface area contributed by atoms with Crippen LogP contribution in [0.2, 0.25) is 0 Å². The first-order chi connectivity index (χ1) is 11.1. The Morgan fingerprint density at radius 1 is 1.26 bits per heavy atom. The van der Waals surface area contributed by atoms with Gasteiger partial charge < -0.3 is 4.90 Å². The summed E-state index contributed by atoms with van der Waals surface area (Å²) in [6, 6.07) is 7.79. The van der Waals surface area contributed by atoms with Crippen LogP contribution in [0.3, 0.4) is 0 Å². The zero-order valence-electron chi connectivity index (χ0n) is 13.5. The third kappa shape index (κ3) is 3.24. The Bertz CT molecular complexity index is 838. The summed E-state index contributed by atoms with van der Waals surface area (Å²) < 4.78 is 10.1. The average molecular weight is 329 g/mol. The molecule has 3 rings (SSSR count). The van der Waals surface area contributed by atoms with Crippen LogP contribution in [0, 0.1) is 0 Å². The van der Waals surface area contributed by atoms with Crippen molar-refractivity contribution in [1.29, 1.82) is 0 Å². The number of aromatic nitrogens is 4. The first-order valence-electron chi connectivity index (χ1n) is 7.58. The highest BCUT2D eigenvalue weighted by atomic mass is 32.1. The summed E-state index contributed by atoms with van der Waals surface area (Å²) >= 11 is 1.20. The monoisotopic (exact) mass is 329 g/mol. The SMILES string of the molecule is CCCc1cc(C(=O)N(C)Cc2ccc3nsnc3c2)n(C)n1. The fraction of sp³-hybridized carbons (Fsp3) is 0.375. The smallest absolute Gasteiger partial charge is 0.272 e. The number of rotatable bonds is 5. The second-order valence-corrected chi connectivity index (χ2v) is 6.17. The van der Waals surface area contributed by atoms with Gasteiger partial charge in [0.05, 0.1) is 17.4 Å². The van der Waals surface area contributed by atoms with Crippen LogP contribution in [0.25, 0.3) is 11.0 Å². The number of hydrogen-bond acceptors (Lipinski definition) is 5. The Labute approximate surface area is 139 Å². The van der Waals surface area contributed by atoms with E-state index in [4.69, 9.17) is 0 Å². The third-order valence-corrected chi connectivity index (χ3v) is 4.30. The van der Waals surface area contributed by atoms with Gasteiger partial charge in [-0.25, -0.2) is 0 Å². The van der Waals surface area contributed by atoms with E-state index in [0.717, 1.165) is 35.1 Å². The van der Waals surface area contributed by atoms with Crippen molar-refractivity contribution in [1.82, 2.24) is 23.4 Å². The molecular formula is C16H19N5OS. The summed E-state index contributed by atoms with van der Waals surface area (Å²) in [4.78, 5) is 14.3. The maximum atomic E-state index is 12.6.